The lowest BCUT2D eigenvalue weighted by atomic mass is 10.1. The Balaban J connectivity index is 1.38. The summed E-state index contributed by atoms with van der Waals surface area (Å²) in [6.45, 7) is 3.81. The number of ether oxygens (including phenoxy) is 3. The van der Waals surface area contributed by atoms with Crippen LogP contribution in [0.3, 0.4) is 0 Å². The van der Waals surface area contributed by atoms with Crippen LogP contribution in [0.25, 0.3) is 11.0 Å². The molecule has 0 saturated carbocycles. The molecular formula is C27H23ClIN3O5. The second-order valence-corrected chi connectivity index (χ2v) is 10.4. The highest BCUT2D eigenvalue weighted by Crippen LogP contribution is 2.36. The zero-order valence-electron chi connectivity index (χ0n) is 20.1. The molecule has 0 bridgehead atoms. The molecule has 0 amide bonds. The first kappa shape index (κ1) is 25.6. The van der Waals surface area contributed by atoms with Crippen LogP contribution in [0, 0.1) is 17.4 Å². The maximum absolute atomic E-state index is 12.9. The average molecular weight is 632 g/mol. The Morgan fingerprint density at radius 1 is 1.03 bits per heavy atom. The molecule has 8 nitrogen and oxygen atoms in total. The summed E-state index contributed by atoms with van der Waals surface area (Å²) in [4.78, 5) is 34.0. The topological polar surface area (TPSA) is 92.5 Å². The van der Waals surface area contributed by atoms with Crippen LogP contribution in [0.2, 0.25) is 5.15 Å². The van der Waals surface area contributed by atoms with Gasteiger partial charge < -0.3 is 18.8 Å². The fraction of sp³-hybridized carbons (Fsp3) is 0.259. The molecule has 2 aromatic carbocycles. The zero-order chi connectivity index (χ0) is 26.1. The first-order valence-electron chi connectivity index (χ1n) is 11.6. The third-order valence-electron chi connectivity index (χ3n) is 6.22. The van der Waals surface area contributed by atoms with Crippen LogP contribution >= 0.6 is 34.2 Å². The molecule has 3 atom stereocenters. The normalized spacial score (nSPS) is 19.2. The third kappa shape index (κ3) is 5.48. The number of carbonyl (C=O) groups is 2. The van der Waals surface area contributed by atoms with E-state index in [1.807, 2.05) is 48.9 Å². The monoisotopic (exact) mass is 631 g/mol. The number of hydrogen-bond donors (Lipinski definition) is 0. The van der Waals surface area contributed by atoms with Crippen molar-refractivity contribution in [2.75, 3.05) is 6.61 Å². The lowest BCUT2D eigenvalue weighted by molar-refractivity contribution is -0.0562. The van der Waals surface area contributed by atoms with E-state index in [1.165, 1.54) is 6.33 Å². The van der Waals surface area contributed by atoms with Crippen molar-refractivity contribution in [3.8, 4) is 0 Å². The van der Waals surface area contributed by atoms with Gasteiger partial charge >= 0.3 is 11.9 Å². The Morgan fingerprint density at radius 3 is 2.30 bits per heavy atom. The number of nitrogens with zero attached hydrogens (tertiary/aromatic N) is 3. The highest BCUT2D eigenvalue weighted by molar-refractivity contribution is 14.1. The van der Waals surface area contributed by atoms with E-state index in [1.54, 1.807) is 24.3 Å². The lowest BCUT2D eigenvalue weighted by Gasteiger charge is -2.19. The second kappa shape index (κ2) is 10.8. The summed E-state index contributed by atoms with van der Waals surface area (Å²) in [6, 6.07) is 14.2. The van der Waals surface area contributed by atoms with Crippen molar-refractivity contribution in [2.45, 2.75) is 38.7 Å². The number of aryl methyl sites for hydroxylation is 2. The van der Waals surface area contributed by atoms with Crippen LogP contribution in [0.15, 0.2) is 61.1 Å². The van der Waals surface area contributed by atoms with Crippen LogP contribution in [-0.2, 0) is 14.2 Å². The largest absolute Gasteiger partial charge is 0.459 e. The molecular weight excluding hydrogens is 609 g/mol. The SMILES string of the molecule is Cc1ccc(C(=O)OCC2OC(n3cc(I)c4c(Cl)ncnc43)CC2OC(=O)c2ccc(C)cc2)cc1. The Bertz CT molecular complexity index is 1460. The van der Waals surface area contributed by atoms with Gasteiger partial charge in [0.1, 0.15) is 42.2 Å². The zero-order valence-corrected chi connectivity index (χ0v) is 23.0. The molecule has 10 heteroatoms. The number of rotatable bonds is 6. The van der Waals surface area contributed by atoms with Gasteiger partial charge in [0.2, 0.25) is 0 Å². The molecule has 5 rings (SSSR count). The van der Waals surface area contributed by atoms with Crippen LogP contribution in [0.1, 0.15) is 44.5 Å². The fourth-order valence-corrected chi connectivity index (χ4v) is 5.38. The molecule has 2 aromatic heterocycles. The minimum absolute atomic E-state index is 0.0823. The quantitative estimate of drug-likeness (QED) is 0.154. The van der Waals surface area contributed by atoms with E-state index in [0.717, 1.165) is 20.1 Å². The standard InChI is InChI=1S/C27H23ClIN3O5/c1-15-3-7-17(8-4-15)26(33)35-13-21-20(37-27(34)18-9-5-16(2)6-10-18)11-22(36-21)32-12-19(29)23-24(28)30-14-31-25(23)32/h3-10,12,14,20-22H,11,13H2,1-2H3. The first-order valence-corrected chi connectivity index (χ1v) is 13.1. The second-order valence-electron chi connectivity index (χ2n) is 8.89. The van der Waals surface area contributed by atoms with Crippen molar-refractivity contribution in [3.63, 3.8) is 0 Å². The highest BCUT2D eigenvalue weighted by Gasteiger charge is 2.40. The van der Waals surface area contributed by atoms with Gasteiger partial charge in [-0.15, -0.1) is 0 Å². The molecule has 0 N–H and O–H groups in total. The maximum Gasteiger partial charge on any atom is 0.338 e. The van der Waals surface area contributed by atoms with Gasteiger partial charge in [-0.3, -0.25) is 0 Å². The molecule has 37 heavy (non-hydrogen) atoms. The van der Waals surface area contributed by atoms with Crippen molar-refractivity contribution >= 4 is 57.2 Å². The van der Waals surface area contributed by atoms with Gasteiger partial charge in [0.25, 0.3) is 0 Å². The summed E-state index contributed by atoms with van der Waals surface area (Å²) in [5, 5.41) is 1.06. The summed E-state index contributed by atoms with van der Waals surface area (Å²) in [5.41, 5.74) is 3.56. The molecule has 190 valence electrons. The van der Waals surface area contributed by atoms with Gasteiger partial charge in [-0.1, -0.05) is 47.0 Å². The Kier molecular flexibility index (Phi) is 7.45. The fourth-order valence-electron chi connectivity index (χ4n) is 4.20. The number of benzene rings is 2. The summed E-state index contributed by atoms with van der Waals surface area (Å²) >= 11 is 8.47. The van der Waals surface area contributed by atoms with Crippen molar-refractivity contribution in [1.29, 1.82) is 0 Å². The van der Waals surface area contributed by atoms with E-state index >= 15 is 0 Å². The van der Waals surface area contributed by atoms with Crippen LogP contribution < -0.4 is 0 Å². The van der Waals surface area contributed by atoms with Crippen molar-refractivity contribution in [2.24, 2.45) is 0 Å². The average Bonchev–Trinajstić information content (AvgIpc) is 3.44. The molecule has 0 aliphatic carbocycles. The van der Waals surface area contributed by atoms with Gasteiger partial charge in [-0.2, -0.15) is 0 Å². The number of aromatic nitrogens is 3. The van der Waals surface area contributed by atoms with E-state index < -0.39 is 30.4 Å². The molecule has 1 saturated heterocycles. The molecule has 3 unspecified atom stereocenters. The number of fused-ring (bicyclic) bond motifs is 1. The third-order valence-corrected chi connectivity index (χ3v) is 7.32. The minimum atomic E-state index is -0.679. The number of esters is 2. The van der Waals surface area contributed by atoms with E-state index in [-0.39, 0.29) is 6.61 Å². The van der Waals surface area contributed by atoms with Crippen LogP contribution in [0.4, 0.5) is 0 Å². The Morgan fingerprint density at radius 2 is 1.65 bits per heavy atom. The van der Waals surface area contributed by atoms with Crippen molar-refractivity contribution in [1.82, 2.24) is 14.5 Å². The summed E-state index contributed by atoms with van der Waals surface area (Å²) < 4.78 is 20.4. The predicted molar refractivity (Wildman–Crippen MR) is 146 cm³/mol. The van der Waals surface area contributed by atoms with E-state index in [4.69, 9.17) is 25.8 Å². The van der Waals surface area contributed by atoms with Crippen molar-refractivity contribution < 1.29 is 23.8 Å². The summed E-state index contributed by atoms with van der Waals surface area (Å²) in [5.74, 6) is -0.947. The summed E-state index contributed by atoms with van der Waals surface area (Å²) in [7, 11) is 0. The lowest BCUT2D eigenvalue weighted by Crippen LogP contribution is -2.32. The molecule has 0 spiro atoms. The molecule has 1 aliphatic heterocycles. The van der Waals surface area contributed by atoms with Crippen LogP contribution in [-0.4, -0.2) is 45.3 Å². The highest BCUT2D eigenvalue weighted by atomic mass is 127. The first-order chi connectivity index (χ1) is 17.8. The molecule has 0 radical (unpaired) electrons. The van der Waals surface area contributed by atoms with Crippen LogP contribution in [0.5, 0.6) is 0 Å². The Hall–Kier alpha value is -3.02. The molecule has 1 fully saturated rings. The van der Waals surface area contributed by atoms with Gasteiger partial charge in [0.05, 0.1) is 16.5 Å². The predicted octanol–water partition coefficient (Wildman–Crippen LogP) is 5.68. The van der Waals surface area contributed by atoms with E-state index in [9.17, 15) is 9.59 Å². The molecule has 3 heterocycles. The van der Waals surface area contributed by atoms with Gasteiger partial charge in [-0.25, -0.2) is 19.6 Å². The number of halogens is 2. The van der Waals surface area contributed by atoms with E-state index in [2.05, 4.69) is 32.6 Å². The minimum Gasteiger partial charge on any atom is -0.459 e. The molecule has 1 aliphatic rings. The van der Waals surface area contributed by atoms with Gasteiger partial charge in [-0.05, 0) is 60.7 Å². The molecule has 4 aromatic rings. The van der Waals surface area contributed by atoms with Gasteiger partial charge in [0, 0.05) is 16.2 Å². The van der Waals surface area contributed by atoms with Gasteiger partial charge in [0.15, 0.2) is 0 Å². The summed E-state index contributed by atoms with van der Waals surface area (Å²) in [6.07, 6.45) is 1.75. The van der Waals surface area contributed by atoms with Crippen molar-refractivity contribution in [3.05, 3.63) is 92.0 Å². The van der Waals surface area contributed by atoms with E-state index in [0.29, 0.717) is 28.3 Å². The smallest absolute Gasteiger partial charge is 0.338 e. The maximum atomic E-state index is 12.9. The number of hydrogen-bond acceptors (Lipinski definition) is 7. The Labute approximate surface area is 232 Å². The number of carbonyl (C=O) groups excluding carboxylic acids is 2.